The molecule has 6 nitrogen and oxygen atoms in total. The van der Waals surface area contributed by atoms with Crippen LogP contribution in [-0.2, 0) is 11.3 Å². The molecule has 1 aromatic carbocycles. The average Bonchev–Trinajstić information content (AvgIpc) is 2.70. The molecule has 0 saturated carbocycles. The molecule has 1 fully saturated rings. The normalized spacial score (nSPS) is 15.9. The van der Waals surface area contributed by atoms with Crippen LogP contribution < -0.4 is 10.6 Å². The molecule has 0 amide bonds. The highest BCUT2D eigenvalue weighted by atomic mass is 127. The van der Waals surface area contributed by atoms with E-state index < -0.39 is 0 Å². The summed E-state index contributed by atoms with van der Waals surface area (Å²) in [5.74, 6) is 0.918. The summed E-state index contributed by atoms with van der Waals surface area (Å²) in [6.07, 6.45) is 2.10. The topological polar surface area (TPSA) is 52.1 Å². The zero-order valence-corrected chi connectivity index (χ0v) is 19.9. The molecule has 0 spiro atoms. The minimum absolute atomic E-state index is 0. The number of piperazine rings is 1. The van der Waals surface area contributed by atoms with Crippen LogP contribution in [0, 0.1) is 0 Å². The van der Waals surface area contributed by atoms with Crippen molar-refractivity contribution in [3.8, 4) is 0 Å². The third kappa shape index (κ3) is 10.6. The van der Waals surface area contributed by atoms with Crippen molar-refractivity contribution in [2.45, 2.75) is 26.3 Å². The fourth-order valence-electron chi connectivity index (χ4n) is 3.26. The van der Waals surface area contributed by atoms with Crippen LogP contribution in [0.5, 0.6) is 0 Å². The van der Waals surface area contributed by atoms with Crippen molar-refractivity contribution in [3.05, 3.63) is 35.9 Å². The Morgan fingerprint density at radius 2 is 1.75 bits per heavy atom. The average molecular weight is 503 g/mol. The summed E-state index contributed by atoms with van der Waals surface area (Å²) < 4.78 is 5.07. The predicted molar refractivity (Wildman–Crippen MR) is 129 cm³/mol. The van der Waals surface area contributed by atoms with Crippen molar-refractivity contribution >= 4 is 29.9 Å². The van der Waals surface area contributed by atoms with Gasteiger partial charge in [-0.1, -0.05) is 30.3 Å². The van der Waals surface area contributed by atoms with Gasteiger partial charge in [-0.2, -0.15) is 0 Å². The lowest BCUT2D eigenvalue weighted by Crippen LogP contribution is -2.46. The van der Waals surface area contributed by atoms with E-state index >= 15 is 0 Å². The number of aliphatic imine (C=N–C) groups is 1. The lowest BCUT2D eigenvalue weighted by Gasteiger charge is -2.34. The Morgan fingerprint density at radius 1 is 1.04 bits per heavy atom. The van der Waals surface area contributed by atoms with E-state index in [2.05, 4.69) is 62.7 Å². The van der Waals surface area contributed by atoms with Crippen LogP contribution in [0.15, 0.2) is 35.3 Å². The minimum atomic E-state index is 0. The summed E-state index contributed by atoms with van der Waals surface area (Å²) in [5, 5.41) is 6.74. The van der Waals surface area contributed by atoms with Gasteiger partial charge in [-0.05, 0) is 31.9 Å². The van der Waals surface area contributed by atoms with Gasteiger partial charge in [0.2, 0.25) is 0 Å². The quantitative estimate of drug-likeness (QED) is 0.210. The number of methoxy groups -OCH3 is 1. The van der Waals surface area contributed by atoms with Crippen LogP contribution in [0.2, 0.25) is 0 Å². The maximum atomic E-state index is 5.07. The molecule has 1 saturated heterocycles. The van der Waals surface area contributed by atoms with E-state index in [0.29, 0.717) is 0 Å². The van der Waals surface area contributed by atoms with Crippen molar-refractivity contribution in [1.29, 1.82) is 0 Å². The summed E-state index contributed by atoms with van der Waals surface area (Å²) in [7, 11) is 1.73. The fraction of sp³-hybridized carbons (Fsp3) is 0.667. The zero-order valence-electron chi connectivity index (χ0n) is 17.5. The van der Waals surface area contributed by atoms with E-state index in [1.165, 1.54) is 5.56 Å². The maximum absolute atomic E-state index is 5.07. The Kier molecular flexibility index (Phi) is 14.3. The molecule has 0 aliphatic carbocycles. The molecule has 28 heavy (non-hydrogen) atoms. The van der Waals surface area contributed by atoms with Gasteiger partial charge in [-0.3, -0.25) is 9.89 Å². The lowest BCUT2D eigenvalue weighted by molar-refractivity contribution is 0.126. The molecule has 0 aromatic heterocycles. The standard InChI is InChI=1S/C21H37N5O.HI/c1-3-22-21(24-12-8-18-27-2)23-11-7-13-25-14-16-26(17-15-25)19-20-9-5-4-6-10-20;/h4-6,9-10H,3,7-8,11-19H2,1-2H3,(H2,22,23,24);1H. The van der Waals surface area contributed by atoms with Gasteiger partial charge in [0.25, 0.3) is 0 Å². The molecule has 2 rings (SSSR count). The Balaban J connectivity index is 0.00000392. The molecule has 2 N–H and O–H groups in total. The Bertz CT molecular complexity index is 521. The number of hydrogen-bond donors (Lipinski definition) is 2. The molecule has 1 aliphatic heterocycles. The van der Waals surface area contributed by atoms with Crippen molar-refractivity contribution in [3.63, 3.8) is 0 Å². The van der Waals surface area contributed by atoms with E-state index in [1.807, 2.05) is 0 Å². The van der Waals surface area contributed by atoms with Gasteiger partial charge in [0.05, 0.1) is 0 Å². The number of nitrogens with zero attached hydrogens (tertiary/aromatic N) is 3. The number of guanidine groups is 1. The molecule has 1 heterocycles. The van der Waals surface area contributed by atoms with E-state index in [0.717, 1.165) is 84.3 Å². The van der Waals surface area contributed by atoms with E-state index in [1.54, 1.807) is 7.11 Å². The monoisotopic (exact) mass is 503 g/mol. The van der Waals surface area contributed by atoms with Crippen LogP contribution in [0.4, 0.5) is 0 Å². The molecular formula is C21H38IN5O. The first-order chi connectivity index (χ1) is 13.3. The Hall–Kier alpha value is -0.900. The second-order valence-corrected chi connectivity index (χ2v) is 6.99. The first kappa shape index (κ1) is 25.1. The van der Waals surface area contributed by atoms with Crippen LogP contribution >= 0.6 is 24.0 Å². The maximum Gasteiger partial charge on any atom is 0.191 e. The largest absolute Gasteiger partial charge is 0.385 e. The van der Waals surface area contributed by atoms with Crippen molar-refractivity contribution < 1.29 is 4.74 Å². The van der Waals surface area contributed by atoms with Gasteiger partial charge >= 0.3 is 0 Å². The summed E-state index contributed by atoms with van der Waals surface area (Å²) in [5.41, 5.74) is 1.41. The second-order valence-electron chi connectivity index (χ2n) is 6.99. The van der Waals surface area contributed by atoms with Gasteiger partial charge in [0.1, 0.15) is 0 Å². The molecule has 0 bridgehead atoms. The van der Waals surface area contributed by atoms with Gasteiger partial charge in [0.15, 0.2) is 5.96 Å². The summed E-state index contributed by atoms with van der Waals surface area (Å²) in [6, 6.07) is 10.8. The molecule has 0 radical (unpaired) electrons. The highest BCUT2D eigenvalue weighted by molar-refractivity contribution is 14.0. The minimum Gasteiger partial charge on any atom is -0.385 e. The van der Waals surface area contributed by atoms with E-state index in [-0.39, 0.29) is 24.0 Å². The molecule has 0 unspecified atom stereocenters. The third-order valence-corrected chi connectivity index (χ3v) is 4.78. The van der Waals surface area contributed by atoms with Gasteiger partial charge < -0.3 is 20.3 Å². The molecule has 1 aliphatic rings. The number of nitrogens with one attached hydrogen (secondary N) is 2. The van der Waals surface area contributed by atoms with Gasteiger partial charge in [-0.25, -0.2) is 0 Å². The number of ether oxygens (including phenoxy) is 1. The third-order valence-electron chi connectivity index (χ3n) is 4.78. The highest BCUT2D eigenvalue weighted by Gasteiger charge is 2.16. The van der Waals surface area contributed by atoms with Gasteiger partial charge in [-0.15, -0.1) is 24.0 Å². The predicted octanol–water partition coefficient (Wildman–Crippen LogP) is 2.40. The number of rotatable bonds is 11. The van der Waals surface area contributed by atoms with Crippen LogP contribution in [0.25, 0.3) is 0 Å². The fourth-order valence-corrected chi connectivity index (χ4v) is 3.26. The smallest absolute Gasteiger partial charge is 0.191 e. The Morgan fingerprint density at radius 3 is 2.43 bits per heavy atom. The number of hydrogen-bond acceptors (Lipinski definition) is 4. The first-order valence-corrected chi connectivity index (χ1v) is 10.3. The Labute approximate surface area is 188 Å². The highest BCUT2D eigenvalue weighted by Crippen LogP contribution is 2.08. The second kappa shape index (κ2) is 16.0. The molecule has 160 valence electrons. The lowest BCUT2D eigenvalue weighted by atomic mass is 10.2. The van der Waals surface area contributed by atoms with Crippen molar-refractivity contribution in [1.82, 2.24) is 20.4 Å². The summed E-state index contributed by atoms with van der Waals surface area (Å²) in [6.45, 7) is 12.4. The van der Waals surface area contributed by atoms with Crippen LogP contribution in [0.3, 0.4) is 0 Å². The summed E-state index contributed by atoms with van der Waals surface area (Å²) in [4.78, 5) is 9.71. The first-order valence-electron chi connectivity index (χ1n) is 10.3. The molecule has 1 aromatic rings. The zero-order chi connectivity index (χ0) is 19.2. The molecular weight excluding hydrogens is 465 g/mol. The van der Waals surface area contributed by atoms with Gasteiger partial charge in [0, 0.05) is 66.1 Å². The van der Waals surface area contributed by atoms with Crippen LogP contribution in [0.1, 0.15) is 25.3 Å². The SMILES string of the molecule is CCNC(=NCCCOC)NCCCN1CCN(Cc2ccccc2)CC1.I. The van der Waals surface area contributed by atoms with Crippen molar-refractivity contribution in [2.24, 2.45) is 4.99 Å². The van der Waals surface area contributed by atoms with E-state index in [4.69, 9.17) is 4.74 Å². The number of halogens is 1. The van der Waals surface area contributed by atoms with E-state index in [9.17, 15) is 0 Å². The molecule has 0 atom stereocenters. The van der Waals surface area contributed by atoms with Crippen molar-refractivity contribution in [2.75, 3.05) is 66.1 Å². The van der Waals surface area contributed by atoms with Crippen LogP contribution in [-0.4, -0.2) is 81.8 Å². The number of benzene rings is 1. The summed E-state index contributed by atoms with van der Waals surface area (Å²) >= 11 is 0. The molecule has 7 heteroatoms.